The lowest BCUT2D eigenvalue weighted by molar-refractivity contribution is 0.122. The number of allylic oxidation sites excluding steroid dienone is 1. The molecule has 0 atom stereocenters. The highest BCUT2D eigenvalue weighted by Crippen LogP contribution is 2.43. The van der Waals surface area contributed by atoms with Crippen molar-refractivity contribution in [1.29, 1.82) is 10.5 Å². The number of anilines is 2. The van der Waals surface area contributed by atoms with Crippen LogP contribution in [-0.4, -0.2) is 62.6 Å². The Bertz CT molecular complexity index is 1220. The number of hydrogen-bond acceptors (Lipinski definition) is 11. The molecule has 9 nitrogen and oxygen atoms in total. The van der Waals surface area contributed by atoms with Gasteiger partial charge in [-0.2, -0.15) is 10.5 Å². The van der Waals surface area contributed by atoms with Crippen molar-refractivity contribution in [2.24, 2.45) is 0 Å². The Balaban J connectivity index is 1.46. The summed E-state index contributed by atoms with van der Waals surface area (Å²) >= 11 is 3.19. The second-order valence-corrected chi connectivity index (χ2v) is 9.37. The third kappa shape index (κ3) is 4.63. The number of furan rings is 1. The minimum atomic E-state index is -0.00338. The first-order chi connectivity index (χ1) is 16.2. The maximum Gasteiger partial charge on any atom is 0.188 e. The Morgan fingerprint density at radius 1 is 0.970 bits per heavy atom. The maximum atomic E-state index is 8.95. The number of morpholine rings is 2. The van der Waals surface area contributed by atoms with Gasteiger partial charge in [-0.1, -0.05) is 11.3 Å². The highest BCUT2D eigenvalue weighted by Gasteiger charge is 2.26. The standard InChI is InChI=1S/C22H20N6O3S2/c23-12-15(13-24)11-16-1-2-17(31-16)18-14-25-21(32-18)19-20(27-3-7-29-8-4-27)26-22(33-19)28-5-9-30-10-6-28/h1-2,11,14H,3-10H2. The summed E-state index contributed by atoms with van der Waals surface area (Å²) in [5.74, 6) is 2.05. The van der Waals surface area contributed by atoms with Crippen LogP contribution >= 0.6 is 22.7 Å². The highest BCUT2D eigenvalue weighted by molar-refractivity contribution is 7.25. The van der Waals surface area contributed by atoms with E-state index < -0.39 is 0 Å². The Kier molecular flexibility index (Phi) is 6.37. The van der Waals surface area contributed by atoms with Gasteiger partial charge in [0.05, 0.1) is 31.3 Å². The van der Waals surface area contributed by atoms with Crippen LogP contribution in [0, 0.1) is 22.7 Å². The van der Waals surface area contributed by atoms with E-state index in [-0.39, 0.29) is 5.57 Å². The number of aromatic nitrogens is 2. The fraction of sp³-hybridized carbons (Fsp3) is 0.364. The highest BCUT2D eigenvalue weighted by atomic mass is 32.1. The van der Waals surface area contributed by atoms with Crippen molar-refractivity contribution >= 4 is 39.7 Å². The summed E-state index contributed by atoms with van der Waals surface area (Å²) in [6.07, 6.45) is 3.22. The first kappa shape index (κ1) is 21.6. The van der Waals surface area contributed by atoms with Gasteiger partial charge in [-0.3, -0.25) is 0 Å². The van der Waals surface area contributed by atoms with E-state index in [1.807, 2.05) is 18.2 Å². The van der Waals surface area contributed by atoms with Crippen LogP contribution in [0.2, 0.25) is 0 Å². The summed E-state index contributed by atoms with van der Waals surface area (Å²) in [5.41, 5.74) is -0.00338. The molecule has 0 amide bonds. The largest absolute Gasteiger partial charge is 0.456 e. The van der Waals surface area contributed by atoms with E-state index in [2.05, 4.69) is 14.8 Å². The van der Waals surface area contributed by atoms with Crippen molar-refractivity contribution < 1.29 is 13.9 Å². The fourth-order valence-corrected chi connectivity index (χ4v) is 5.70. The van der Waals surface area contributed by atoms with Gasteiger partial charge in [0.2, 0.25) is 0 Å². The number of rotatable bonds is 5. The second-order valence-electron chi connectivity index (χ2n) is 7.36. The molecular formula is C22H20N6O3S2. The molecule has 5 rings (SSSR count). The Labute approximate surface area is 198 Å². The zero-order valence-electron chi connectivity index (χ0n) is 17.7. The predicted octanol–water partition coefficient (Wildman–Crippen LogP) is 3.63. The maximum absolute atomic E-state index is 8.95. The van der Waals surface area contributed by atoms with Crippen LogP contribution in [0.15, 0.2) is 28.3 Å². The van der Waals surface area contributed by atoms with Gasteiger partial charge in [0.1, 0.15) is 39.1 Å². The van der Waals surface area contributed by atoms with Crippen molar-refractivity contribution in [3.8, 4) is 32.7 Å². The molecule has 0 saturated carbocycles. The van der Waals surface area contributed by atoms with Gasteiger partial charge in [0.25, 0.3) is 0 Å². The second kappa shape index (κ2) is 9.73. The van der Waals surface area contributed by atoms with E-state index in [9.17, 15) is 0 Å². The normalized spacial score (nSPS) is 16.3. The van der Waals surface area contributed by atoms with E-state index in [0.717, 1.165) is 51.9 Å². The van der Waals surface area contributed by atoms with Gasteiger partial charge in [0.15, 0.2) is 10.9 Å². The zero-order valence-corrected chi connectivity index (χ0v) is 19.3. The summed E-state index contributed by atoms with van der Waals surface area (Å²) in [5, 5.41) is 19.8. The fourth-order valence-electron chi connectivity index (χ4n) is 3.61. The molecule has 0 radical (unpaired) electrons. The Morgan fingerprint density at radius 2 is 1.67 bits per heavy atom. The Morgan fingerprint density at radius 3 is 2.36 bits per heavy atom. The number of ether oxygens (including phenoxy) is 2. The van der Waals surface area contributed by atoms with Gasteiger partial charge in [-0.25, -0.2) is 9.97 Å². The molecular weight excluding hydrogens is 460 g/mol. The predicted molar refractivity (Wildman–Crippen MR) is 126 cm³/mol. The van der Waals surface area contributed by atoms with Crippen LogP contribution in [0.1, 0.15) is 5.76 Å². The van der Waals surface area contributed by atoms with Gasteiger partial charge < -0.3 is 23.7 Å². The number of hydrogen-bond donors (Lipinski definition) is 0. The Hall–Kier alpha value is -3.22. The third-order valence-corrected chi connectivity index (χ3v) is 7.56. The summed E-state index contributed by atoms with van der Waals surface area (Å²) in [6, 6.07) is 7.25. The summed E-state index contributed by atoms with van der Waals surface area (Å²) < 4.78 is 16.9. The molecule has 0 unspecified atom stereocenters. The van der Waals surface area contributed by atoms with Crippen LogP contribution in [0.3, 0.4) is 0 Å². The summed E-state index contributed by atoms with van der Waals surface area (Å²) in [4.78, 5) is 16.1. The lowest BCUT2D eigenvalue weighted by atomic mass is 10.2. The molecule has 0 aromatic carbocycles. The van der Waals surface area contributed by atoms with Crippen molar-refractivity contribution in [3.63, 3.8) is 0 Å². The molecule has 33 heavy (non-hydrogen) atoms. The molecule has 3 aromatic rings. The van der Waals surface area contributed by atoms with Gasteiger partial charge in [-0.05, 0) is 12.1 Å². The molecule has 3 aromatic heterocycles. The summed E-state index contributed by atoms with van der Waals surface area (Å²) in [6.45, 7) is 6.03. The first-order valence-electron chi connectivity index (χ1n) is 10.5. The number of thiazole rings is 2. The topological polar surface area (TPSA) is 111 Å². The monoisotopic (exact) mass is 480 g/mol. The number of nitrogens with zero attached hydrogens (tertiary/aromatic N) is 6. The van der Waals surface area contributed by atoms with Gasteiger partial charge >= 0.3 is 0 Å². The van der Waals surface area contributed by atoms with Gasteiger partial charge in [0, 0.05) is 38.5 Å². The molecule has 2 fully saturated rings. The van der Waals surface area contributed by atoms with Gasteiger partial charge in [-0.15, -0.1) is 11.3 Å². The zero-order chi connectivity index (χ0) is 22.6. The molecule has 0 bridgehead atoms. The average molecular weight is 481 g/mol. The van der Waals surface area contributed by atoms with Crippen LogP contribution in [0.4, 0.5) is 10.9 Å². The minimum Gasteiger partial charge on any atom is -0.456 e. The lowest BCUT2D eigenvalue weighted by Gasteiger charge is -2.28. The SMILES string of the molecule is N#CC(C#N)=Cc1ccc(-c2cnc(-c3sc(N4CCOCC4)nc3N3CCOCC3)s2)o1. The molecule has 2 aliphatic rings. The molecule has 11 heteroatoms. The third-order valence-electron chi connectivity index (χ3n) is 5.29. The van der Waals surface area contributed by atoms with E-state index in [0.29, 0.717) is 37.9 Å². The average Bonchev–Trinajstić information content (AvgIpc) is 3.63. The van der Waals surface area contributed by atoms with Crippen LogP contribution in [0.25, 0.3) is 26.6 Å². The van der Waals surface area contributed by atoms with E-state index in [1.165, 1.54) is 17.4 Å². The smallest absolute Gasteiger partial charge is 0.188 e. The van der Waals surface area contributed by atoms with E-state index in [4.69, 9.17) is 29.4 Å². The van der Waals surface area contributed by atoms with E-state index in [1.54, 1.807) is 23.6 Å². The molecule has 0 N–H and O–H groups in total. The van der Waals surface area contributed by atoms with Crippen molar-refractivity contribution in [2.45, 2.75) is 0 Å². The summed E-state index contributed by atoms with van der Waals surface area (Å²) in [7, 11) is 0. The quantitative estimate of drug-likeness (QED) is 0.505. The molecule has 2 saturated heterocycles. The molecule has 0 aliphatic carbocycles. The lowest BCUT2D eigenvalue weighted by Crippen LogP contribution is -2.37. The first-order valence-corrected chi connectivity index (χ1v) is 12.1. The molecule has 2 aliphatic heterocycles. The van der Waals surface area contributed by atoms with Crippen LogP contribution < -0.4 is 9.80 Å². The van der Waals surface area contributed by atoms with Crippen LogP contribution in [0.5, 0.6) is 0 Å². The minimum absolute atomic E-state index is 0.00338. The molecule has 0 spiro atoms. The van der Waals surface area contributed by atoms with Crippen molar-refractivity contribution in [2.75, 3.05) is 62.4 Å². The van der Waals surface area contributed by atoms with E-state index >= 15 is 0 Å². The van der Waals surface area contributed by atoms with Crippen molar-refractivity contribution in [3.05, 3.63) is 29.7 Å². The van der Waals surface area contributed by atoms with Crippen LogP contribution in [-0.2, 0) is 9.47 Å². The number of nitriles is 2. The molecule has 5 heterocycles. The van der Waals surface area contributed by atoms with Crippen molar-refractivity contribution in [1.82, 2.24) is 9.97 Å². The molecule has 168 valence electrons.